The lowest BCUT2D eigenvalue weighted by Gasteiger charge is -2.35. The van der Waals surface area contributed by atoms with Gasteiger partial charge >= 0.3 is 0 Å². The minimum absolute atomic E-state index is 0.0351. The molecule has 0 saturated heterocycles. The molecule has 2 rings (SSSR count). The van der Waals surface area contributed by atoms with Gasteiger partial charge in [-0.05, 0) is 19.9 Å². The Balaban J connectivity index is 2.59. The van der Waals surface area contributed by atoms with E-state index < -0.39 is 5.72 Å². The number of anilines is 1. The van der Waals surface area contributed by atoms with Gasteiger partial charge in [-0.1, -0.05) is 24.8 Å². The van der Waals surface area contributed by atoms with Crippen LogP contribution in [0.5, 0.6) is 0 Å². The van der Waals surface area contributed by atoms with Crippen molar-refractivity contribution < 1.29 is 9.53 Å². The van der Waals surface area contributed by atoms with E-state index in [2.05, 4.69) is 6.58 Å². The molecule has 0 saturated carbocycles. The first-order valence-electron chi connectivity index (χ1n) is 5.76. The lowest BCUT2D eigenvalue weighted by Crippen LogP contribution is -2.48. The maximum absolute atomic E-state index is 11.8. The first kappa shape index (κ1) is 11.9. The first-order chi connectivity index (χ1) is 8.02. The van der Waals surface area contributed by atoms with Gasteiger partial charge in [-0.15, -0.1) is 0 Å². The number of para-hydroxylation sites is 1. The number of benzene rings is 1. The van der Waals surface area contributed by atoms with Gasteiger partial charge in [-0.3, -0.25) is 9.69 Å². The highest BCUT2D eigenvalue weighted by Gasteiger charge is 2.45. The number of amides is 1. The second-order valence-electron chi connectivity index (χ2n) is 4.27. The molecule has 90 valence electrons. The number of rotatable bonds is 2. The molecule has 0 bridgehead atoms. The molecule has 0 aliphatic carbocycles. The molecule has 3 nitrogen and oxygen atoms in total. The highest BCUT2D eigenvalue weighted by Crippen LogP contribution is 2.46. The van der Waals surface area contributed by atoms with Crippen LogP contribution < -0.4 is 4.90 Å². The molecule has 0 radical (unpaired) electrons. The fourth-order valence-corrected chi connectivity index (χ4v) is 2.44. The van der Waals surface area contributed by atoms with Crippen molar-refractivity contribution >= 4 is 17.2 Å². The minimum Gasteiger partial charge on any atom is -0.351 e. The number of hydrogen-bond donors (Lipinski definition) is 0. The van der Waals surface area contributed by atoms with Crippen molar-refractivity contribution in [1.29, 1.82) is 0 Å². The molecule has 0 spiro atoms. The topological polar surface area (TPSA) is 29.5 Å². The molecule has 0 aromatic heterocycles. The summed E-state index contributed by atoms with van der Waals surface area (Å²) >= 11 is 0. The zero-order valence-electron chi connectivity index (χ0n) is 10.5. The summed E-state index contributed by atoms with van der Waals surface area (Å²) in [5.74, 6) is -0.0351. The van der Waals surface area contributed by atoms with Crippen molar-refractivity contribution in [3.05, 3.63) is 36.4 Å². The van der Waals surface area contributed by atoms with E-state index in [-0.39, 0.29) is 5.91 Å². The Morgan fingerprint density at radius 3 is 2.71 bits per heavy atom. The van der Waals surface area contributed by atoms with Gasteiger partial charge in [0.15, 0.2) is 5.72 Å². The Kier molecular flexibility index (Phi) is 2.79. The van der Waals surface area contributed by atoms with Crippen molar-refractivity contribution in [2.24, 2.45) is 0 Å². The Bertz CT molecular complexity index is 481. The van der Waals surface area contributed by atoms with E-state index in [9.17, 15) is 4.79 Å². The van der Waals surface area contributed by atoms with Crippen LogP contribution in [0.25, 0.3) is 5.57 Å². The van der Waals surface area contributed by atoms with Gasteiger partial charge in [-0.25, -0.2) is 0 Å². The molecule has 1 aromatic rings. The first-order valence-corrected chi connectivity index (χ1v) is 5.76. The Hall–Kier alpha value is -1.61. The average Bonchev–Trinajstić information content (AvgIpc) is 2.49. The number of carbonyl (C=O) groups excluding carboxylic acids is 1. The van der Waals surface area contributed by atoms with Crippen molar-refractivity contribution in [2.75, 3.05) is 11.5 Å². The summed E-state index contributed by atoms with van der Waals surface area (Å²) in [7, 11) is 0. The van der Waals surface area contributed by atoms with Gasteiger partial charge in [0, 0.05) is 24.7 Å². The monoisotopic (exact) mass is 231 g/mol. The van der Waals surface area contributed by atoms with E-state index in [4.69, 9.17) is 4.74 Å². The Labute approximate surface area is 102 Å². The van der Waals surface area contributed by atoms with Crippen molar-refractivity contribution in [3.63, 3.8) is 0 Å². The molecular formula is C14H17NO2. The van der Waals surface area contributed by atoms with Crippen molar-refractivity contribution in [1.82, 2.24) is 0 Å². The molecule has 1 heterocycles. The molecule has 1 aliphatic heterocycles. The van der Waals surface area contributed by atoms with Gasteiger partial charge in [0.25, 0.3) is 0 Å². The quantitative estimate of drug-likeness (QED) is 0.783. The summed E-state index contributed by atoms with van der Waals surface area (Å²) in [6, 6.07) is 7.75. The zero-order valence-corrected chi connectivity index (χ0v) is 10.5. The second kappa shape index (κ2) is 4.00. The van der Waals surface area contributed by atoms with Gasteiger partial charge in [-0.2, -0.15) is 0 Å². The van der Waals surface area contributed by atoms with E-state index in [1.165, 1.54) is 0 Å². The fourth-order valence-electron chi connectivity index (χ4n) is 2.44. The molecule has 1 aromatic carbocycles. The summed E-state index contributed by atoms with van der Waals surface area (Å²) in [5.41, 5.74) is 1.94. The maximum Gasteiger partial charge on any atom is 0.226 e. The van der Waals surface area contributed by atoms with Gasteiger partial charge < -0.3 is 4.74 Å². The smallest absolute Gasteiger partial charge is 0.226 e. The van der Waals surface area contributed by atoms with Crippen LogP contribution >= 0.6 is 0 Å². The largest absolute Gasteiger partial charge is 0.351 e. The summed E-state index contributed by atoms with van der Waals surface area (Å²) in [4.78, 5) is 13.5. The molecule has 3 heteroatoms. The van der Waals surface area contributed by atoms with Gasteiger partial charge in [0.1, 0.15) is 0 Å². The molecule has 17 heavy (non-hydrogen) atoms. The lowest BCUT2D eigenvalue weighted by molar-refractivity contribution is -0.120. The van der Waals surface area contributed by atoms with E-state index >= 15 is 0 Å². The summed E-state index contributed by atoms with van der Waals surface area (Å²) in [5, 5.41) is 0. The van der Waals surface area contributed by atoms with Crippen LogP contribution in [0, 0.1) is 0 Å². The van der Waals surface area contributed by atoms with Gasteiger partial charge in [0.2, 0.25) is 5.91 Å². The summed E-state index contributed by atoms with van der Waals surface area (Å²) < 4.78 is 5.76. The highest BCUT2D eigenvalue weighted by atomic mass is 16.5. The summed E-state index contributed by atoms with van der Waals surface area (Å²) in [6.45, 7) is 9.97. The van der Waals surface area contributed by atoms with Gasteiger partial charge in [0.05, 0.1) is 5.69 Å². The SMILES string of the molecule is C=C1c2ccccc2N(C(C)=O)C1(C)OCC. The van der Waals surface area contributed by atoms with Crippen LogP contribution in [0.1, 0.15) is 26.3 Å². The predicted molar refractivity (Wildman–Crippen MR) is 68.7 cm³/mol. The minimum atomic E-state index is -0.760. The van der Waals surface area contributed by atoms with E-state index in [0.29, 0.717) is 6.61 Å². The highest BCUT2D eigenvalue weighted by molar-refractivity contribution is 6.04. The van der Waals surface area contributed by atoms with E-state index in [1.807, 2.05) is 38.1 Å². The molecule has 1 atom stereocenters. The van der Waals surface area contributed by atoms with Crippen molar-refractivity contribution in [3.8, 4) is 0 Å². The van der Waals surface area contributed by atoms with Crippen LogP contribution in [-0.2, 0) is 9.53 Å². The summed E-state index contributed by atoms with van der Waals surface area (Å²) in [6.07, 6.45) is 0. The molecule has 0 N–H and O–H groups in total. The predicted octanol–water partition coefficient (Wildman–Crippen LogP) is 2.82. The Morgan fingerprint density at radius 1 is 1.47 bits per heavy atom. The van der Waals surface area contributed by atoms with Crippen LogP contribution in [-0.4, -0.2) is 18.2 Å². The third kappa shape index (κ3) is 1.58. The third-order valence-electron chi connectivity index (χ3n) is 3.20. The van der Waals surface area contributed by atoms with E-state index in [1.54, 1.807) is 11.8 Å². The third-order valence-corrected chi connectivity index (χ3v) is 3.20. The normalized spacial score (nSPS) is 22.8. The molecule has 1 aliphatic rings. The van der Waals surface area contributed by atoms with E-state index in [0.717, 1.165) is 16.8 Å². The van der Waals surface area contributed by atoms with Crippen LogP contribution in [0.3, 0.4) is 0 Å². The number of carbonyl (C=O) groups is 1. The second-order valence-corrected chi connectivity index (χ2v) is 4.27. The van der Waals surface area contributed by atoms with Crippen LogP contribution in [0.4, 0.5) is 5.69 Å². The Morgan fingerprint density at radius 2 is 2.12 bits per heavy atom. The lowest BCUT2D eigenvalue weighted by atomic mass is 10.0. The molecular weight excluding hydrogens is 214 g/mol. The standard InChI is InChI=1S/C14H17NO2/c1-5-17-14(4)10(2)12-8-6-7-9-13(12)15(14)11(3)16/h6-9H,2,5H2,1,3-4H3. The average molecular weight is 231 g/mol. The number of fused-ring (bicyclic) bond motifs is 1. The zero-order chi connectivity index (χ0) is 12.6. The number of ether oxygens (including phenoxy) is 1. The fraction of sp³-hybridized carbons (Fsp3) is 0.357. The number of hydrogen-bond acceptors (Lipinski definition) is 2. The molecule has 1 amide bonds. The molecule has 1 unspecified atom stereocenters. The molecule has 0 fully saturated rings. The maximum atomic E-state index is 11.8. The van der Waals surface area contributed by atoms with Crippen molar-refractivity contribution in [2.45, 2.75) is 26.5 Å². The van der Waals surface area contributed by atoms with Crippen LogP contribution in [0.2, 0.25) is 0 Å². The number of nitrogens with zero attached hydrogens (tertiary/aromatic N) is 1. The van der Waals surface area contributed by atoms with Crippen LogP contribution in [0.15, 0.2) is 30.8 Å².